The number of rotatable bonds is 7. The first kappa shape index (κ1) is 23.8. The van der Waals surface area contributed by atoms with Crippen LogP contribution in [0.4, 0.5) is 13.2 Å². The van der Waals surface area contributed by atoms with Gasteiger partial charge in [-0.25, -0.2) is 18.0 Å². The molecule has 1 aromatic heterocycles. The molecule has 0 atom stereocenters. The monoisotopic (exact) mass is 480 g/mol. The van der Waals surface area contributed by atoms with Crippen molar-refractivity contribution in [2.24, 2.45) is 5.73 Å². The van der Waals surface area contributed by atoms with Crippen molar-refractivity contribution in [2.45, 2.75) is 13.5 Å². The molecule has 0 saturated carbocycles. The van der Waals surface area contributed by atoms with Crippen molar-refractivity contribution in [1.82, 2.24) is 4.98 Å². The van der Waals surface area contributed by atoms with Crippen LogP contribution in [0.2, 0.25) is 0 Å². The van der Waals surface area contributed by atoms with Crippen molar-refractivity contribution in [3.8, 4) is 34.4 Å². The molecule has 35 heavy (non-hydrogen) atoms. The van der Waals surface area contributed by atoms with Crippen molar-refractivity contribution >= 4 is 5.97 Å². The Labute approximate surface area is 198 Å². The zero-order valence-corrected chi connectivity index (χ0v) is 18.4. The number of pyridine rings is 1. The highest BCUT2D eigenvalue weighted by Gasteiger charge is 2.23. The van der Waals surface area contributed by atoms with Gasteiger partial charge in [-0.3, -0.25) is 0 Å². The van der Waals surface area contributed by atoms with Crippen molar-refractivity contribution in [3.05, 3.63) is 101 Å². The zero-order valence-electron chi connectivity index (χ0n) is 18.4. The first-order valence-electron chi connectivity index (χ1n) is 10.4. The van der Waals surface area contributed by atoms with Crippen LogP contribution < -0.4 is 15.2 Å². The van der Waals surface area contributed by atoms with Gasteiger partial charge in [0.05, 0.1) is 0 Å². The van der Waals surface area contributed by atoms with E-state index >= 15 is 0 Å². The molecule has 0 aliphatic rings. The van der Waals surface area contributed by atoms with Crippen molar-refractivity contribution in [1.29, 1.82) is 0 Å². The Morgan fingerprint density at radius 3 is 2.26 bits per heavy atom. The number of carboxylic acid groups (broad SMARTS) is 1. The van der Waals surface area contributed by atoms with E-state index in [0.29, 0.717) is 6.54 Å². The predicted molar refractivity (Wildman–Crippen MR) is 122 cm³/mol. The molecule has 0 bridgehead atoms. The third-order valence-corrected chi connectivity index (χ3v) is 5.16. The zero-order chi connectivity index (χ0) is 25.1. The van der Waals surface area contributed by atoms with Crippen LogP contribution >= 0.6 is 0 Å². The predicted octanol–water partition coefficient (Wildman–Crippen LogP) is 6.22. The number of carboxylic acids is 1. The maximum atomic E-state index is 14.8. The van der Waals surface area contributed by atoms with Crippen molar-refractivity contribution in [3.63, 3.8) is 0 Å². The summed E-state index contributed by atoms with van der Waals surface area (Å²) in [4.78, 5) is 15.2. The van der Waals surface area contributed by atoms with Crippen molar-refractivity contribution in [2.75, 3.05) is 0 Å². The highest BCUT2D eigenvalue weighted by Crippen LogP contribution is 2.35. The average molecular weight is 480 g/mol. The smallest absolute Gasteiger partial charge is 0.339 e. The minimum Gasteiger partial charge on any atom is -0.478 e. The number of ether oxygens (including phenoxy) is 2. The molecule has 0 radical (unpaired) electrons. The van der Waals surface area contributed by atoms with Crippen LogP contribution in [-0.2, 0) is 6.54 Å². The number of nitrogens with zero attached hydrogens (tertiary/aromatic N) is 1. The maximum absolute atomic E-state index is 14.8. The van der Waals surface area contributed by atoms with E-state index in [-0.39, 0.29) is 5.75 Å². The van der Waals surface area contributed by atoms with E-state index in [1.54, 1.807) is 18.2 Å². The van der Waals surface area contributed by atoms with Gasteiger partial charge in [0.1, 0.15) is 22.9 Å². The third-order valence-electron chi connectivity index (χ3n) is 5.16. The topological polar surface area (TPSA) is 94.7 Å². The Balaban J connectivity index is 1.70. The minimum absolute atomic E-state index is 0.209. The van der Waals surface area contributed by atoms with Gasteiger partial charge in [0.25, 0.3) is 11.8 Å². The maximum Gasteiger partial charge on any atom is 0.339 e. The van der Waals surface area contributed by atoms with Crippen LogP contribution in [0.3, 0.4) is 0 Å². The molecule has 0 spiro atoms. The number of aromatic nitrogens is 1. The molecule has 0 aliphatic carbocycles. The summed E-state index contributed by atoms with van der Waals surface area (Å²) in [7, 11) is 0. The largest absolute Gasteiger partial charge is 0.478 e. The highest BCUT2D eigenvalue weighted by atomic mass is 19.1. The lowest BCUT2D eigenvalue weighted by Gasteiger charge is -2.14. The molecule has 0 unspecified atom stereocenters. The van der Waals surface area contributed by atoms with E-state index in [1.807, 2.05) is 30.3 Å². The summed E-state index contributed by atoms with van der Waals surface area (Å²) in [5.74, 6) is -6.13. The number of carbonyl (C=O) groups is 1. The number of hydrogen-bond donors (Lipinski definition) is 2. The number of benzene rings is 3. The molecular weight excluding hydrogens is 461 g/mol. The molecule has 6 nitrogen and oxygen atoms in total. The Bertz CT molecular complexity index is 1430. The lowest BCUT2D eigenvalue weighted by atomic mass is 10.0. The summed E-state index contributed by atoms with van der Waals surface area (Å²) in [6, 6.07) is 16.9. The Hall–Kier alpha value is -4.37. The summed E-state index contributed by atoms with van der Waals surface area (Å²) in [6.45, 7) is 1.51. The lowest BCUT2D eigenvalue weighted by molar-refractivity contribution is 0.0694. The molecule has 1 heterocycles. The summed E-state index contributed by atoms with van der Waals surface area (Å²) in [5, 5.41) is 9.30. The van der Waals surface area contributed by atoms with Crippen LogP contribution in [0.5, 0.6) is 23.3 Å². The fraction of sp³-hybridized carbons (Fsp3) is 0.0769. The quantitative estimate of drug-likeness (QED) is 0.326. The summed E-state index contributed by atoms with van der Waals surface area (Å²) in [5.41, 5.74) is 7.36. The second-order valence-corrected chi connectivity index (χ2v) is 7.56. The molecule has 0 saturated heterocycles. The molecule has 4 rings (SSSR count). The molecule has 9 heteroatoms. The first-order valence-corrected chi connectivity index (χ1v) is 10.4. The summed E-state index contributed by atoms with van der Waals surface area (Å²) >= 11 is 0. The SMILES string of the molecule is Cc1c(F)c(Oc2cccc(-c3cccc(CN)c3)c2)nc(Oc2cc(F)ccc2C(=O)O)c1F. The van der Waals surface area contributed by atoms with Crippen molar-refractivity contribution < 1.29 is 32.5 Å². The molecule has 0 aliphatic heterocycles. The Morgan fingerprint density at radius 1 is 0.914 bits per heavy atom. The summed E-state index contributed by atoms with van der Waals surface area (Å²) < 4.78 is 54.0. The van der Waals surface area contributed by atoms with Gasteiger partial charge >= 0.3 is 5.97 Å². The van der Waals surface area contributed by atoms with E-state index in [4.69, 9.17) is 15.2 Å². The van der Waals surface area contributed by atoms with Gasteiger partial charge in [0.2, 0.25) is 0 Å². The molecular formula is C26H19F3N2O4. The molecule has 178 valence electrons. The second-order valence-electron chi connectivity index (χ2n) is 7.56. The van der Waals surface area contributed by atoms with Gasteiger partial charge in [-0.05, 0) is 53.9 Å². The fourth-order valence-corrected chi connectivity index (χ4v) is 3.33. The molecule has 3 N–H and O–H groups in total. The first-order chi connectivity index (χ1) is 16.8. The molecule has 4 aromatic rings. The van der Waals surface area contributed by atoms with Gasteiger partial charge < -0.3 is 20.3 Å². The Kier molecular flexibility index (Phi) is 6.70. The molecule has 0 amide bonds. The molecule has 0 fully saturated rings. The second kappa shape index (κ2) is 9.86. The van der Waals surface area contributed by atoms with Crippen LogP contribution in [0.1, 0.15) is 21.5 Å². The van der Waals surface area contributed by atoms with E-state index in [9.17, 15) is 23.1 Å². The number of aromatic carboxylic acids is 1. The van der Waals surface area contributed by atoms with Gasteiger partial charge in [0.15, 0.2) is 11.6 Å². The van der Waals surface area contributed by atoms with Crippen LogP contribution in [-0.4, -0.2) is 16.1 Å². The normalized spacial score (nSPS) is 10.8. The number of nitrogens with two attached hydrogens (primary N) is 1. The van der Waals surface area contributed by atoms with E-state index in [0.717, 1.165) is 41.8 Å². The average Bonchev–Trinajstić information content (AvgIpc) is 2.85. The van der Waals surface area contributed by atoms with Gasteiger partial charge in [-0.1, -0.05) is 30.3 Å². The standard InChI is InChI=1S/C26H19F3N2O4/c1-14-22(28)24(31-25(23(14)29)35-21-12-18(27)8-9-20(21)26(32)33)34-19-7-3-6-17(11-19)16-5-2-4-15(10-16)13-30/h2-12H,13,30H2,1H3,(H,32,33). The third kappa shape index (κ3) is 5.10. The van der Waals surface area contributed by atoms with Gasteiger partial charge in [0, 0.05) is 18.2 Å². The van der Waals surface area contributed by atoms with Crippen LogP contribution in [0.15, 0.2) is 66.7 Å². The van der Waals surface area contributed by atoms with Gasteiger partial charge in [-0.2, -0.15) is 4.98 Å². The van der Waals surface area contributed by atoms with E-state index in [2.05, 4.69) is 4.98 Å². The van der Waals surface area contributed by atoms with Gasteiger partial charge in [-0.15, -0.1) is 0 Å². The Morgan fingerprint density at radius 2 is 1.57 bits per heavy atom. The van der Waals surface area contributed by atoms with E-state index < -0.39 is 52.1 Å². The lowest BCUT2D eigenvalue weighted by Crippen LogP contribution is -2.05. The number of halogens is 3. The molecule has 3 aromatic carbocycles. The summed E-state index contributed by atoms with van der Waals surface area (Å²) in [6.07, 6.45) is 0. The highest BCUT2D eigenvalue weighted by molar-refractivity contribution is 5.91. The van der Waals surface area contributed by atoms with Crippen LogP contribution in [0, 0.1) is 24.4 Å². The number of hydrogen-bond acceptors (Lipinski definition) is 5. The van der Waals surface area contributed by atoms with Crippen LogP contribution in [0.25, 0.3) is 11.1 Å². The minimum atomic E-state index is -1.42. The fourth-order valence-electron chi connectivity index (χ4n) is 3.33. The van der Waals surface area contributed by atoms with E-state index in [1.165, 1.54) is 0 Å².